The highest BCUT2D eigenvalue weighted by Gasteiger charge is 2.26. The van der Waals surface area contributed by atoms with E-state index >= 15 is 0 Å². The predicted octanol–water partition coefficient (Wildman–Crippen LogP) is 5.60. The second-order valence-corrected chi connectivity index (χ2v) is 9.00. The number of hydrogen-bond acceptors (Lipinski definition) is 5. The van der Waals surface area contributed by atoms with Crippen LogP contribution in [0.2, 0.25) is 0 Å². The number of benzene rings is 4. The maximum atomic E-state index is 14.4. The number of aryl methyl sites for hydroxylation is 2. The molecule has 1 N–H and O–H groups in total. The van der Waals surface area contributed by atoms with Crippen LogP contribution in [0.25, 0.3) is 21.9 Å². The molecule has 0 radical (unpaired) electrons. The number of carbonyl (C=O) groups is 3. The van der Waals surface area contributed by atoms with Gasteiger partial charge in [0, 0.05) is 12.0 Å². The predicted molar refractivity (Wildman–Crippen MR) is 144 cm³/mol. The second kappa shape index (κ2) is 11.3. The molecule has 4 aromatic rings. The van der Waals surface area contributed by atoms with E-state index in [4.69, 9.17) is 9.47 Å². The van der Waals surface area contributed by atoms with Gasteiger partial charge in [0.05, 0.1) is 25.3 Å². The molecule has 4 rings (SSSR count). The summed E-state index contributed by atoms with van der Waals surface area (Å²) in [4.78, 5) is 37.3. The first-order chi connectivity index (χ1) is 18.3. The molecular formula is C31H28FNO5. The van der Waals surface area contributed by atoms with E-state index in [0.717, 1.165) is 39.3 Å². The van der Waals surface area contributed by atoms with Crippen molar-refractivity contribution >= 4 is 28.9 Å². The van der Waals surface area contributed by atoms with Crippen molar-refractivity contribution in [3.8, 4) is 16.9 Å². The molecular weight excluding hydrogens is 485 g/mol. The van der Waals surface area contributed by atoms with E-state index in [1.807, 2.05) is 49.4 Å². The highest BCUT2D eigenvalue weighted by molar-refractivity contribution is 6.02. The van der Waals surface area contributed by atoms with Gasteiger partial charge in [-0.15, -0.1) is 0 Å². The summed E-state index contributed by atoms with van der Waals surface area (Å²) in [5.41, 5.74) is 4.18. The zero-order valence-electron chi connectivity index (χ0n) is 21.6. The topological polar surface area (TPSA) is 81.7 Å². The summed E-state index contributed by atoms with van der Waals surface area (Å²) < 4.78 is 25.0. The van der Waals surface area contributed by atoms with Crippen LogP contribution < -0.4 is 10.1 Å². The van der Waals surface area contributed by atoms with Gasteiger partial charge in [0.15, 0.2) is 6.29 Å². The number of aldehydes is 1. The summed E-state index contributed by atoms with van der Waals surface area (Å²) in [6.45, 7) is 3.58. The molecule has 0 heterocycles. The van der Waals surface area contributed by atoms with Gasteiger partial charge in [-0.05, 0) is 59.0 Å². The molecule has 4 aromatic carbocycles. The standard InChI is InChI=1S/C31H28FNO5/c1-18-8-5-13-25(32)28(18)30(35)33-26(31(36)38-4)16-20-9-6-11-23-22(20)10-7-12-24(23)27-19(2)14-15-21(17-34)29(27)37-3/h5-15,17,26H,16H2,1-4H3,(H,33,35)/t26-/m0/s1. The van der Waals surface area contributed by atoms with Crippen LogP contribution in [0.1, 0.15) is 37.4 Å². The summed E-state index contributed by atoms with van der Waals surface area (Å²) in [6, 6.07) is 18.4. The largest absolute Gasteiger partial charge is 0.495 e. The van der Waals surface area contributed by atoms with Crippen molar-refractivity contribution in [3.63, 3.8) is 0 Å². The van der Waals surface area contributed by atoms with Gasteiger partial charge < -0.3 is 14.8 Å². The Labute approximate surface area is 220 Å². The average Bonchev–Trinajstić information content (AvgIpc) is 2.91. The normalized spacial score (nSPS) is 11.6. The van der Waals surface area contributed by atoms with Gasteiger partial charge in [0.2, 0.25) is 0 Å². The van der Waals surface area contributed by atoms with Gasteiger partial charge >= 0.3 is 5.97 Å². The SMILES string of the molecule is COC(=O)[C@H](Cc1cccc2c(-c3c(C)ccc(C=O)c3OC)cccc12)NC(=O)c1c(C)cccc1F. The Hall–Kier alpha value is -4.52. The fourth-order valence-electron chi connectivity index (χ4n) is 4.82. The van der Waals surface area contributed by atoms with Gasteiger partial charge in [-0.25, -0.2) is 9.18 Å². The van der Waals surface area contributed by atoms with Crippen LogP contribution in [0.15, 0.2) is 66.7 Å². The number of ether oxygens (including phenoxy) is 2. The molecule has 0 unspecified atom stereocenters. The minimum absolute atomic E-state index is 0.112. The van der Waals surface area contributed by atoms with Crippen LogP contribution in [-0.4, -0.2) is 38.4 Å². The third-order valence-corrected chi connectivity index (χ3v) is 6.67. The Morgan fingerprint density at radius 2 is 1.63 bits per heavy atom. The third kappa shape index (κ3) is 5.00. The molecule has 6 nitrogen and oxygen atoms in total. The molecule has 0 spiro atoms. The van der Waals surface area contributed by atoms with Gasteiger partial charge in [0.25, 0.3) is 5.91 Å². The zero-order chi connectivity index (χ0) is 27.4. The maximum absolute atomic E-state index is 14.4. The van der Waals surface area contributed by atoms with Crippen LogP contribution in [0, 0.1) is 19.7 Å². The maximum Gasteiger partial charge on any atom is 0.328 e. The van der Waals surface area contributed by atoms with Crippen LogP contribution in [0.4, 0.5) is 4.39 Å². The van der Waals surface area contributed by atoms with Gasteiger partial charge in [0.1, 0.15) is 17.6 Å². The number of fused-ring (bicyclic) bond motifs is 1. The number of hydrogen-bond donors (Lipinski definition) is 1. The fourth-order valence-corrected chi connectivity index (χ4v) is 4.82. The monoisotopic (exact) mass is 513 g/mol. The smallest absolute Gasteiger partial charge is 0.328 e. The highest BCUT2D eigenvalue weighted by Crippen LogP contribution is 2.40. The molecule has 1 atom stereocenters. The fraction of sp³-hybridized carbons (Fsp3) is 0.194. The quantitative estimate of drug-likeness (QED) is 0.245. The lowest BCUT2D eigenvalue weighted by molar-refractivity contribution is -0.142. The molecule has 0 aliphatic carbocycles. The van der Waals surface area contributed by atoms with E-state index in [0.29, 0.717) is 16.9 Å². The van der Waals surface area contributed by atoms with Crippen LogP contribution in [0.5, 0.6) is 5.75 Å². The van der Waals surface area contributed by atoms with Crippen molar-refractivity contribution in [2.45, 2.75) is 26.3 Å². The van der Waals surface area contributed by atoms with Crippen LogP contribution in [-0.2, 0) is 16.0 Å². The first-order valence-corrected chi connectivity index (χ1v) is 12.1. The molecule has 7 heteroatoms. The average molecular weight is 514 g/mol. The van der Waals surface area contributed by atoms with E-state index in [2.05, 4.69) is 5.32 Å². The molecule has 38 heavy (non-hydrogen) atoms. The van der Waals surface area contributed by atoms with Crippen molar-refractivity contribution in [2.75, 3.05) is 14.2 Å². The van der Waals surface area contributed by atoms with Crippen LogP contribution in [0.3, 0.4) is 0 Å². The molecule has 1 amide bonds. The number of carbonyl (C=O) groups excluding carboxylic acids is 3. The molecule has 0 saturated carbocycles. The summed E-state index contributed by atoms with van der Waals surface area (Å²) in [5, 5.41) is 4.39. The van der Waals surface area contributed by atoms with Gasteiger partial charge in [-0.1, -0.05) is 54.6 Å². The first-order valence-electron chi connectivity index (χ1n) is 12.1. The molecule has 0 bridgehead atoms. The second-order valence-electron chi connectivity index (χ2n) is 9.00. The summed E-state index contributed by atoms with van der Waals surface area (Å²) in [6.07, 6.45) is 0.885. The number of rotatable bonds is 8. The lowest BCUT2D eigenvalue weighted by Gasteiger charge is -2.20. The number of halogens is 1. The minimum atomic E-state index is -1.05. The Bertz CT molecular complexity index is 1530. The molecule has 0 fully saturated rings. The van der Waals surface area contributed by atoms with E-state index in [1.54, 1.807) is 19.1 Å². The summed E-state index contributed by atoms with van der Waals surface area (Å²) in [5.74, 6) is -1.51. The van der Waals surface area contributed by atoms with Gasteiger partial charge in [-0.3, -0.25) is 9.59 Å². The number of nitrogens with one attached hydrogen (secondary N) is 1. The van der Waals surface area contributed by atoms with Crippen molar-refractivity contribution in [1.29, 1.82) is 0 Å². The van der Waals surface area contributed by atoms with E-state index in [9.17, 15) is 18.8 Å². The number of amides is 1. The van der Waals surface area contributed by atoms with Crippen molar-refractivity contribution in [2.24, 2.45) is 0 Å². The van der Waals surface area contributed by atoms with E-state index in [-0.39, 0.29) is 12.0 Å². The molecule has 0 aromatic heterocycles. The molecule has 194 valence electrons. The molecule has 0 saturated heterocycles. The summed E-state index contributed by atoms with van der Waals surface area (Å²) in [7, 11) is 2.77. The first kappa shape index (κ1) is 26.5. The Balaban J connectivity index is 1.78. The van der Waals surface area contributed by atoms with E-state index in [1.165, 1.54) is 26.4 Å². The third-order valence-electron chi connectivity index (χ3n) is 6.67. The number of esters is 1. The lowest BCUT2D eigenvalue weighted by atomic mass is 9.90. The lowest BCUT2D eigenvalue weighted by Crippen LogP contribution is -2.43. The highest BCUT2D eigenvalue weighted by atomic mass is 19.1. The van der Waals surface area contributed by atoms with Crippen molar-refractivity contribution in [3.05, 3.63) is 100 Å². The molecule has 0 aliphatic rings. The van der Waals surface area contributed by atoms with Crippen LogP contribution >= 0.6 is 0 Å². The van der Waals surface area contributed by atoms with Crippen molar-refractivity contribution in [1.82, 2.24) is 5.32 Å². The van der Waals surface area contributed by atoms with Crippen molar-refractivity contribution < 1.29 is 28.2 Å². The summed E-state index contributed by atoms with van der Waals surface area (Å²) >= 11 is 0. The van der Waals surface area contributed by atoms with Gasteiger partial charge in [-0.2, -0.15) is 0 Å². The zero-order valence-corrected chi connectivity index (χ0v) is 21.6. The van der Waals surface area contributed by atoms with E-state index < -0.39 is 23.7 Å². The molecule has 0 aliphatic heterocycles. The number of methoxy groups -OCH3 is 2. The Morgan fingerprint density at radius 1 is 0.921 bits per heavy atom. The Kier molecular flexibility index (Phi) is 7.86. The minimum Gasteiger partial charge on any atom is -0.495 e. The Morgan fingerprint density at radius 3 is 2.32 bits per heavy atom.